The molecule has 0 aromatic carbocycles. The van der Waals surface area contributed by atoms with Crippen molar-refractivity contribution < 1.29 is 19.4 Å². The van der Waals surface area contributed by atoms with Crippen molar-refractivity contribution in [3.63, 3.8) is 0 Å². The van der Waals surface area contributed by atoms with Crippen LogP contribution in [-0.2, 0) is 9.53 Å². The molecule has 1 unspecified atom stereocenters. The molecule has 0 spiro atoms. The molecule has 1 aliphatic heterocycles. The van der Waals surface area contributed by atoms with Crippen molar-refractivity contribution in [1.29, 1.82) is 0 Å². The van der Waals surface area contributed by atoms with Crippen LogP contribution < -0.4 is 5.73 Å². The fourth-order valence-electron chi connectivity index (χ4n) is 1.49. The first-order valence-electron chi connectivity index (χ1n) is 6.14. The van der Waals surface area contributed by atoms with Crippen LogP contribution >= 0.6 is 0 Å². The van der Waals surface area contributed by atoms with E-state index in [1.54, 1.807) is 20.8 Å². The molecule has 1 heterocycles. The van der Waals surface area contributed by atoms with E-state index in [4.69, 9.17) is 15.6 Å². The highest BCUT2D eigenvalue weighted by atomic mass is 16.6. The molecule has 0 radical (unpaired) electrons. The van der Waals surface area contributed by atoms with Crippen LogP contribution in [0.5, 0.6) is 0 Å². The lowest BCUT2D eigenvalue weighted by atomic mass is 10.0. The van der Waals surface area contributed by atoms with Crippen molar-refractivity contribution in [2.45, 2.75) is 52.2 Å². The topological polar surface area (TPSA) is 92.9 Å². The molecule has 0 aromatic heterocycles. The third kappa shape index (κ3) is 4.52. The minimum Gasteiger partial charge on any atom is -0.480 e. The highest BCUT2D eigenvalue weighted by Crippen LogP contribution is 2.21. The SMILES string of the molecule is CC.CC(C)(C)OC(=O)N1CCC(N)(C(=O)O)C1. The van der Waals surface area contributed by atoms with Gasteiger partial charge in [0, 0.05) is 6.54 Å². The Morgan fingerprint density at radius 1 is 1.33 bits per heavy atom. The lowest BCUT2D eigenvalue weighted by Gasteiger charge is -2.25. The standard InChI is InChI=1S/C10H18N2O4.C2H6/c1-9(2,3)16-8(15)12-5-4-10(11,6-12)7(13)14;1-2/h4-6,11H2,1-3H3,(H,13,14);1-2H3. The minimum absolute atomic E-state index is 0.00273. The van der Waals surface area contributed by atoms with Gasteiger partial charge >= 0.3 is 12.1 Å². The first-order chi connectivity index (χ1) is 8.14. The average molecular weight is 260 g/mol. The zero-order valence-corrected chi connectivity index (χ0v) is 11.8. The number of hydrogen-bond acceptors (Lipinski definition) is 4. The van der Waals surface area contributed by atoms with Crippen molar-refractivity contribution >= 4 is 12.1 Å². The first kappa shape index (κ1) is 16.7. The van der Waals surface area contributed by atoms with Crippen molar-refractivity contribution in [2.24, 2.45) is 5.73 Å². The Labute approximate surface area is 108 Å². The summed E-state index contributed by atoms with van der Waals surface area (Å²) in [6.45, 7) is 9.59. The normalized spacial score (nSPS) is 23.1. The maximum atomic E-state index is 11.6. The predicted octanol–water partition coefficient (Wildman–Crippen LogP) is 1.44. The maximum absolute atomic E-state index is 11.6. The largest absolute Gasteiger partial charge is 0.480 e. The molecule has 1 rings (SSSR count). The van der Waals surface area contributed by atoms with Crippen LogP contribution in [0.3, 0.4) is 0 Å². The van der Waals surface area contributed by atoms with Crippen LogP contribution in [0.2, 0.25) is 0 Å². The molecule has 3 N–H and O–H groups in total. The molecule has 0 saturated carbocycles. The van der Waals surface area contributed by atoms with Gasteiger partial charge in [-0.3, -0.25) is 4.79 Å². The van der Waals surface area contributed by atoms with Crippen LogP contribution in [0.15, 0.2) is 0 Å². The molecule has 0 bridgehead atoms. The molecule has 0 aliphatic carbocycles. The van der Waals surface area contributed by atoms with E-state index >= 15 is 0 Å². The zero-order chi connectivity index (χ0) is 14.6. The fraction of sp³-hybridized carbons (Fsp3) is 0.833. The van der Waals surface area contributed by atoms with Gasteiger partial charge in [-0.1, -0.05) is 13.8 Å². The van der Waals surface area contributed by atoms with E-state index in [9.17, 15) is 9.59 Å². The van der Waals surface area contributed by atoms with Crippen molar-refractivity contribution in [3.8, 4) is 0 Å². The quantitative estimate of drug-likeness (QED) is 0.744. The van der Waals surface area contributed by atoms with E-state index in [0.29, 0.717) is 6.54 Å². The molecule has 6 heteroatoms. The molecule has 0 aromatic rings. The van der Waals surface area contributed by atoms with Gasteiger partial charge in [0.15, 0.2) is 0 Å². The molecule has 1 aliphatic rings. The number of aliphatic carboxylic acids is 1. The van der Waals surface area contributed by atoms with Crippen LogP contribution in [0, 0.1) is 0 Å². The van der Waals surface area contributed by atoms with E-state index in [1.165, 1.54) is 4.90 Å². The Kier molecular flexibility index (Phi) is 5.60. The number of carboxylic acids is 1. The van der Waals surface area contributed by atoms with Gasteiger partial charge in [0.1, 0.15) is 11.1 Å². The predicted molar refractivity (Wildman–Crippen MR) is 68.3 cm³/mol. The van der Waals surface area contributed by atoms with Gasteiger partial charge in [-0.05, 0) is 27.2 Å². The Morgan fingerprint density at radius 2 is 1.83 bits per heavy atom. The van der Waals surface area contributed by atoms with Gasteiger partial charge in [0.05, 0.1) is 6.54 Å². The molecule has 1 amide bonds. The number of amides is 1. The summed E-state index contributed by atoms with van der Waals surface area (Å²) in [6.07, 6.45) is -0.261. The molecule has 1 atom stereocenters. The molecule has 106 valence electrons. The number of carboxylic acid groups (broad SMARTS) is 1. The molecular formula is C12H24N2O4. The number of likely N-dealkylation sites (tertiary alicyclic amines) is 1. The average Bonchev–Trinajstić information content (AvgIpc) is 2.63. The highest BCUT2D eigenvalue weighted by Gasteiger charge is 2.43. The van der Waals surface area contributed by atoms with Crippen molar-refractivity contribution in [1.82, 2.24) is 4.90 Å². The summed E-state index contributed by atoms with van der Waals surface area (Å²) in [5, 5.41) is 8.90. The monoisotopic (exact) mass is 260 g/mol. The summed E-state index contributed by atoms with van der Waals surface area (Å²) in [5.74, 6) is -1.08. The third-order valence-corrected chi connectivity index (χ3v) is 2.38. The second-order valence-electron chi connectivity index (χ2n) is 5.11. The second-order valence-corrected chi connectivity index (χ2v) is 5.11. The third-order valence-electron chi connectivity index (χ3n) is 2.38. The van der Waals surface area contributed by atoms with Crippen molar-refractivity contribution in [2.75, 3.05) is 13.1 Å². The number of rotatable bonds is 1. The molecule has 1 saturated heterocycles. The van der Waals surface area contributed by atoms with Crippen molar-refractivity contribution in [3.05, 3.63) is 0 Å². The number of ether oxygens (including phenoxy) is 1. The molecule has 18 heavy (non-hydrogen) atoms. The van der Waals surface area contributed by atoms with Crippen LogP contribution in [0.1, 0.15) is 41.0 Å². The molecule has 1 fully saturated rings. The second kappa shape index (κ2) is 6.04. The van der Waals surface area contributed by atoms with E-state index in [0.717, 1.165) is 0 Å². The van der Waals surface area contributed by atoms with Gasteiger partial charge in [-0.2, -0.15) is 0 Å². The number of carbonyl (C=O) groups excluding carboxylic acids is 1. The summed E-state index contributed by atoms with van der Waals surface area (Å²) in [6, 6.07) is 0. The summed E-state index contributed by atoms with van der Waals surface area (Å²) in [4.78, 5) is 23.8. The van der Waals surface area contributed by atoms with E-state index in [1.807, 2.05) is 13.8 Å². The Morgan fingerprint density at radius 3 is 2.17 bits per heavy atom. The Bertz CT molecular complexity index is 312. The van der Waals surface area contributed by atoms with Gasteiger partial charge < -0.3 is 20.5 Å². The Hall–Kier alpha value is -1.30. The summed E-state index contributed by atoms with van der Waals surface area (Å²) in [7, 11) is 0. The lowest BCUT2D eigenvalue weighted by Crippen LogP contribution is -2.51. The maximum Gasteiger partial charge on any atom is 0.410 e. The van der Waals surface area contributed by atoms with E-state index < -0.39 is 23.2 Å². The number of nitrogens with zero attached hydrogens (tertiary/aromatic N) is 1. The zero-order valence-electron chi connectivity index (χ0n) is 11.8. The summed E-state index contributed by atoms with van der Waals surface area (Å²) >= 11 is 0. The summed E-state index contributed by atoms with van der Waals surface area (Å²) in [5.41, 5.74) is 3.73. The van der Waals surface area contributed by atoms with Gasteiger partial charge in [0.25, 0.3) is 0 Å². The minimum atomic E-state index is -1.34. The fourth-order valence-corrected chi connectivity index (χ4v) is 1.49. The summed E-state index contributed by atoms with van der Waals surface area (Å²) < 4.78 is 5.13. The first-order valence-corrected chi connectivity index (χ1v) is 6.14. The molecular weight excluding hydrogens is 236 g/mol. The number of nitrogens with two attached hydrogens (primary N) is 1. The van der Waals surface area contributed by atoms with Gasteiger partial charge in [-0.15, -0.1) is 0 Å². The Balaban J connectivity index is 0.00000137. The van der Waals surface area contributed by atoms with Gasteiger partial charge in [0.2, 0.25) is 0 Å². The molecule has 6 nitrogen and oxygen atoms in total. The van der Waals surface area contributed by atoms with E-state index in [-0.39, 0.29) is 13.0 Å². The number of hydrogen-bond donors (Lipinski definition) is 2. The van der Waals surface area contributed by atoms with Crippen LogP contribution in [0.25, 0.3) is 0 Å². The van der Waals surface area contributed by atoms with Crippen LogP contribution in [0.4, 0.5) is 4.79 Å². The number of carbonyl (C=O) groups is 2. The van der Waals surface area contributed by atoms with E-state index in [2.05, 4.69) is 0 Å². The smallest absolute Gasteiger partial charge is 0.410 e. The lowest BCUT2D eigenvalue weighted by molar-refractivity contribution is -0.142. The van der Waals surface area contributed by atoms with Crippen LogP contribution in [-0.4, -0.2) is 46.3 Å². The van der Waals surface area contributed by atoms with Gasteiger partial charge in [-0.25, -0.2) is 4.79 Å². The highest BCUT2D eigenvalue weighted by molar-refractivity contribution is 5.81.